The molecule has 0 spiro atoms. The summed E-state index contributed by atoms with van der Waals surface area (Å²) in [6, 6.07) is 4.24. The number of aryl methyl sites for hydroxylation is 3. The monoisotopic (exact) mass is 383 g/mol. The standard InChI is InChI=1S/C21H29N5O2/c1-4-5-18-21(22-7-9-25-10-12-27-13-11-25)26-8-6-17(14-19(26)23-18)20-15(2)24-28-16(20)3/h6,8,14,22H,4-5,7,9-13H2,1-3H3. The van der Waals surface area contributed by atoms with E-state index in [0.29, 0.717) is 0 Å². The summed E-state index contributed by atoms with van der Waals surface area (Å²) in [6.07, 6.45) is 4.13. The molecule has 0 aromatic carbocycles. The molecule has 4 heterocycles. The van der Waals surface area contributed by atoms with Gasteiger partial charge in [0.05, 0.1) is 24.6 Å². The van der Waals surface area contributed by atoms with Crippen LogP contribution in [0.5, 0.6) is 0 Å². The fraction of sp³-hybridized carbons (Fsp3) is 0.524. The van der Waals surface area contributed by atoms with Gasteiger partial charge in [0.1, 0.15) is 17.2 Å². The van der Waals surface area contributed by atoms with E-state index in [-0.39, 0.29) is 0 Å². The number of imidazole rings is 1. The first kappa shape index (κ1) is 19.0. The van der Waals surface area contributed by atoms with Crippen LogP contribution in [0.25, 0.3) is 16.8 Å². The lowest BCUT2D eigenvalue weighted by Crippen LogP contribution is -2.39. The Bertz CT molecular complexity index is 920. The normalized spacial score (nSPS) is 15.4. The van der Waals surface area contributed by atoms with Gasteiger partial charge in [-0.2, -0.15) is 0 Å². The SMILES string of the molecule is CCCc1nc2cc(-c3c(C)noc3C)ccn2c1NCCN1CCOCC1. The van der Waals surface area contributed by atoms with Gasteiger partial charge in [-0.3, -0.25) is 9.30 Å². The fourth-order valence-corrected chi connectivity index (χ4v) is 3.90. The number of anilines is 1. The zero-order valence-corrected chi connectivity index (χ0v) is 17.0. The van der Waals surface area contributed by atoms with E-state index >= 15 is 0 Å². The number of aromatic nitrogens is 3. The van der Waals surface area contributed by atoms with Crippen molar-refractivity contribution in [2.45, 2.75) is 33.6 Å². The molecule has 3 aromatic heterocycles. The van der Waals surface area contributed by atoms with E-state index in [0.717, 1.165) is 92.0 Å². The van der Waals surface area contributed by atoms with Crippen molar-refractivity contribution in [1.29, 1.82) is 0 Å². The van der Waals surface area contributed by atoms with Crippen LogP contribution in [-0.4, -0.2) is 58.8 Å². The van der Waals surface area contributed by atoms with Gasteiger partial charge in [0, 0.05) is 37.9 Å². The van der Waals surface area contributed by atoms with E-state index in [1.165, 1.54) is 0 Å². The van der Waals surface area contributed by atoms with Crippen LogP contribution in [0, 0.1) is 13.8 Å². The maximum Gasteiger partial charge on any atom is 0.141 e. The summed E-state index contributed by atoms with van der Waals surface area (Å²) < 4.78 is 12.9. The number of nitrogens with zero attached hydrogens (tertiary/aromatic N) is 4. The Morgan fingerprint density at radius 2 is 2.04 bits per heavy atom. The first-order chi connectivity index (χ1) is 13.7. The molecule has 28 heavy (non-hydrogen) atoms. The minimum atomic E-state index is 0.835. The van der Waals surface area contributed by atoms with Gasteiger partial charge in [0.15, 0.2) is 0 Å². The molecule has 1 N–H and O–H groups in total. The molecule has 0 unspecified atom stereocenters. The van der Waals surface area contributed by atoms with Crippen LogP contribution in [0.15, 0.2) is 22.9 Å². The highest BCUT2D eigenvalue weighted by Crippen LogP contribution is 2.29. The fourth-order valence-electron chi connectivity index (χ4n) is 3.90. The maximum absolute atomic E-state index is 5.43. The van der Waals surface area contributed by atoms with Gasteiger partial charge in [-0.05, 0) is 38.0 Å². The summed E-state index contributed by atoms with van der Waals surface area (Å²) >= 11 is 0. The van der Waals surface area contributed by atoms with Crippen molar-refractivity contribution >= 4 is 11.5 Å². The van der Waals surface area contributed by atoms with Crippen molar-refractivity contribution < 1.29 is 9.26 Å². The number of hydrogen-bond donors (Lipinski definition) is 1. The predicted octanol–water partition coefficient (Wildman–Crippen LogP) is 3.30. The van der Waals surface area contributed by atoms with Crippen molar-refractivity contribution in [1.82, 2.24) is 19.4 Å². The minimum absolute atomic E-state index is 0.835. The summed E-state index contributed by atoms with van der Waals surface area (Å²) in [5.74, 6) is 1.95. The summed E-state index contributed by atoms with van der Waals surface area (Å²) in [7, 11) is 0. The Hall–Kier alpha value is -2.38. The maximum atomic E-state index is 5.43. The Labute approximate surface area is 165 Å². The van der Waals surface area contributed by atoms with Gasteiger partial charge < -0.3 is 14.6 Å². The van der Waals surface area contributed by atoms with Crippen LogP contribution in [0.4, 0.5) is 5.82 Å². The average Bonchev–Trinajstić information content (AvgIpc) is 3.22. The number of fused-ring (bicyclic) bond motifs is 1. The summed E-state index contributed by atoms with van der Waals surface area (Å²) in [6.45, 7) is 11.7. The predicted molar refractivity (Wildman–Crippen MR) is 110 cm³/mol. The third-order valence-electron chi connectivity index (χ3n) is 5.33. The highest BCUT2D eigenvalue weighted by Gasteiger charge is 2.16. The van der Waals surface area contributed by atoms with Crippen LogP contribution in [0.1, 0.15) is 30.5 Å². The lowest BCUT2D eigenvalue weighted by atomic mass is 10.1. The number of nitrogens with one attached hydrogen (secondary N) is 1. The molecule has 7 heteroatoms. The third-order valence-corrected chi connectivity index (χ3v) is 5.33. The van der Waals surface area contributed by atoms with E-state index in [1.54, 1.807) is 0 Å². The van der Waals surface area contributed by atoms with Crippen LogP contribution >= 0.6 is 0 Å². The molecule has 0 saturated carbocycles. The topological polar surface area (TPSA) is 67.8 Å². The van der Waals surface area contributed by atoms with Crippen molar-refractivity contribution in [2.75, 3.05) is 44.7 Å². The lowest BCUT2D eigenvalue weighted by molar-refractivity contribution is 0.0398. The molecular weight excluding hydrogens is 354 g/mol. The molecule has 0 radical (unpaired) electrons. The first-order valence-corrected chi connectivity index (χ1v) is 10.2. The minimum Gasteiger partial charge on any atom is -0.379 e. The van der Waals surface area contributed by atoms with Gasteiger partial charge in [-0.25, -0.2) is 4.98 Å². The second kappa shape index (κ2) is 8.32. The molecule has 1 aliphatic rings. The van der Waals surface area contributed by atoms with Crippen LogP contribution < -0.4 is 5.32 Å². The van der Waals surface area contributed by atoms with Gasteiger partial charge in [0.2, 0.25) is 0 Å². The summed E-state index contributed by atoms with van der Waals surface area (Å²) in [5.41, 5.74) is 5.14. The van der Waals surface area contributed by atoms with E-state index < -0.39 is 0 Å². The molecule has 0 aliphatic carbocycles. The Kier molecular flexibility index (Phi) is 5.64. The Morgan fingerprint density at radius 1 is 1.21 bits per heavy atom. The molecule has 0 atom stereocenters. The van der Waals surface area contributed by atoms with Gasteiger partial charge in [0.25, 0.3) is 0 Å². The quantitative estimate of drug-likeness (QED) is 0.675. The van der Waals surface area contributed by atoms with Gasteiger partial charge in [-0.1, -0.05) is 18.5 Å². The molecule has 7 nitrogen and oxygen atoms in total. The van der Waals surface area contributed by atoms with Crippen molar-refractivity contribution in [3.8, 4) is 11.1 Å². The van der Waals surface area contributed by atoms with Crippen molar-refractivity contribution in [3.05, 3.63) is 35.5 Å². The smallest absolute Gasteiger partial charge is 0.141 e. The van der Waals surface area contributed by atoms with Gasteiger partial charge >= 0.3 is 0 Å². The zero-order valence-electron chi connectivity index (χ0n) is 17.0. The molecule has 1 fully saturated rings. The zero-order chi connectivity index (χ0) is 19.5. The molecule has 4 rings (SSSR count). The largest absolute Gasteiger partial charge is 0.379 e. The van der Waals surface area contributed by atoms with E-state index in [2.05, 4.69) is 45.0 Å². The first-order valence-electron chi connectivity index (χ1n) is 10.2. The molecule has 1 saturated heterocycles. The highest BCUT2D eigenvalue weighted by molar-refractivity contribution is 5.72. The Morgan fingerprint density at radius 3 is 2.75 bits per heavy atom. The highest BCUT2D eigenvalue weighted by atomic mass is 16.5. The van der Waals surface area contributed by atoms with Crippen molar-refractivity contribution in [3.63, 3.8) is 0 Å². The summed E-state index contributed by atoms with van der Waals surface area (Å²) in [5, 5.41) is 7.71. The number of morpholine rings is 1. The number of rotatable bonds is 7. The van der Waals surface area contributed by atoms with E-state index in [1.807, 2.05) is 13.8 Å². The Balaban J connectivity index is 1.58. The lowest BCUT2D eigenvalue weighted by Gasteiger charge is -2.26. The number of ether oxygens (including phenoxy) is 1. The van der Waals surface area contributed by atoms with Crippen LogP contribution in [-0.2, 0) is 11.2 Å². The van der Waals surface area contributed by atoms with Crippen LogP contribution in [0.3, 0.4) is 0 Å². The average molecular weight is 383 g/mol. The molecule has 3 aromatic rings. The van der Waals surface area contributed by atoms with Gasteiger partial charge in [-0.15, -0.1) is 0 Å². The van der Waals surface area contributed by atoms with Crippen LogP contribution in [0.2, 0.25) is 0 Å². The van der Waals surface area contributed by atoms with Crippen molar-refractivity contribution in [2.24, 2.45) is 0 Å². The third kappa shape index (κ3) is 3.77. The number of hydrogen-bond acceptors (Lipinski definition) is 6. The molecular formula is C21H29N5O2. The number of pyridine rings is 1. The van der Waals surface area contributed by atoms with E-state index in [9.17, 15) is 0 Å². The second-order valence-corrected chi connectivity index (χ2v) is 7.38. The molecule has 0 amide bonds. The second-order valence-electron chi connectivity index (χ2n) is 7.38. The molecule has 0 bridgehead atoms. The molecule has 1 aliphatic heterocycles. The molecule has 150 valence electrons. The van der Waals surface area contributed by atoms with E-state index in [4.69, 9.17) is 14.2 Å². The summed E-state index contributed by atoms with van der Waals surface area (Å²) in [4.78, 5) is 7.35.